The number of likely N-dealkylation sites (N-methyl/N-ethyl adjacent to an activating group) is 1. The number of benzene rings is 2. The molecule has 2 aromatic carbocycles. The normalized spacial score (nSPS) is 12.4. The summed E-state index contributed by atoms with van der Waals surface area (Å²) in [6, 6.07) is 10.3. The van der Waals surface area contributed by atoms with Crippen LogP contribution >= 0.6 is 23.2 Å². The first-order chi connectivity index (χ1) is 10.4. The van der Waals surface area contributed by atoms with Gasteiger partial charge in [-0.25, -0.2) is 4.39 Å². The molecule has 2 aromatic rings. The minimum atomic E-state index is -0.685. The Labute approximate surface area is 138 Å². The minimum Gasteiger partial charge on any atom is -0.368 e. The molecular formula is C16H15Cl2FN2O. The molecule has 0 aromatic heterocycles. The van der Waals surface area contributed by atoms with E-state index in [1.807, 2.05) is 6.07 Å². The summed E-state index contributed by atoms with van der Waals surface area (Å²) in [4.78, 5) is 13.5. The zero-order valence-corrected chi connectivity index (χ0v) is 13.4. The van der Waals surface area contributed by atoms with E-state index in [-0.39, 0.29) is 5.82 Å². The molecule has 0 aliphatic rings. The fourth-order valence-electron chi connectivity index (χ4n) is 2.31. The van der Waals surface area contributed by atoms with Crippen molar-refractivity contribution in [2.45, 2.75) is 12.6 Å². The van der Waals surface area contributed by atoms with Gasteiger partial charge in [-0.1, -0.05) is 47.5 Å². The van der Waals surface area contributed by atoms with Gasteiger partial charge < -0.3 is 5.73 Å². The Morgan fingerprint density at radius 3 is 2.45 bits per heavy atom. The van der Waals surface area contributed by atoms with Crippen molar-refractivity contribution in [3.05, 3.63) is 69.5 Å². The Kier molecular flexibility index (Phi) is 5.40. The number of amides is 1. The van der Waals surface area contributed by atoms with Gasteiger partial charge in [-0.05, 0) is 36.4 Å². The quantitative estimate of drug-likeness (QED) is 0.899. The average Bonchev–Trinajstić information content (AvgIpc) is 2.46. The molecule has 1 atom stereocenters. The lowest BCUT2D eigenvalue weighted by Crippen LogP contribution is -2.35. The third kappa shape index (κ3) is 3.77. The topological polar surface area (TPSA) is 46.3 Å². The van der Waals surface area contributed by atoms with Crippen molar-refractivity contribution < 1.29 is 9.18 Å². The van der Waals surface area contributed by atoms with E-state index in [2.05, 4.69) is 0 Å². The Hall–Kier alpha value is -1.62. The van der Waals surface area contributed by atoms with E-state index in [0.29, 0.717) is 22.2 Å². The van der Waals surface area contributed by atoms with Crippen molar-refractivity contribution in [2.24, 2.45) is 5.73 Å². The Morgan fingerprint density at radius 1 is 1.23 bits per heavy atom. The molecule has 22 heavy (non-hydrogen) atoms. The van der Waals surface area contributed by atoms with Gasteiger partial charge in [-0.2, -0.15) is 0 Å². The first-order valence-electron chi connectivity index (χ1n) is 6.58. The summed E-state index contributed by atoms with van der Waals surface area (Å²) in [5.74, 6) is -0.889. The van der Waals surface area contributed by atoms with E-state index in [1.54, 1.807) is 36.2 Å². The number of rotatable bonds is 5. The van der Waals surface area contributed by atoms with Crippen LogP contribution in [-0.2, 0) is 11.3 Å². The van der Waals surface area contributed by atoms with E-state index in [9.17, 15) is 9.18 Å². The highest BCUT2D eigenvalue weighted by Gasteiger charge is 2.23. The van der Waals surface area contributed by atoms with Gasteiger partial charge in [0.25, 0.3) is 0 Å². The second kappa shape index (κ2) is 7.09. The molecule has 1 amide bonds. The van der Waals surface area contributed by atoms with E-state index in [1.165, 1.54) is 12.1 Å². The number of carbonyl (C=O) groups is 1. The molecule has 0 heterocycles. The van der Waals surface area contributed by atoms with Crippen LogP contribution in [0.4, 0.5) is 4.39 Å². The summed E-state index contributed by atoms with van der Waals surface area (Å²) in [7, 11) is 1.75. The van der Waals surface area contributed by atoms with Gasteiger partial charge in [0.2, 0.25) is 5.91 Å². The number of primary amides is 1. The fourth-order valence-corrected chi connectivity index (χ4v) is 2.69. The Balaban J connectivity index is 2.27. The third-order valence-electron chi connectivity index (χ3n) is 3.35. The molecule has 3 nitrogen and oxygen atoms in total. The predicted octanol–water partition coefficient (Wildman–Crippen LogP) is 3.79. The maximum Gasteiger partial charge on any atom is 0.239 e. The van der Waals surface area contributed by atoms with Crippen molar-refractivity contribution >= 4 is 29.1 Å². The summed E-state index contributed by atoms with van der Waals surface area (Å²) < 4.78 is 13.0. The van der Waals surface area contributed by atoms with Gasteiger partial charge in [0.05, 0.1) is 10.0 Å². The highest BCUT2D eigenvalue weighted by molar-refractivity contribution is 6.42. The molecule has 0 aliphatic heterocycles. The number of halogens is 3. The van der Waals surface area contributed by atoms with Gasteiger partial charge in [-0.3, -0.25) is 9.69 Å². The smallest absolute Gasteiger partial charge is 0.239 e. The molecule has 0 aliphatic carbocycles. The lowest BCUT2D eigenvalue weighted by Gasteiger charge is -2.26. The van der Waals surface area contributed by atoms with Crippen molar-refractivity contribution in [3.63, 3.8) is 0 Å². The molecule has 0 fully saturated rings. The average molecular weight is 341 g/mol. The molecule has 0 spiro atoms. The van der Waals surface area contributed by atoms with Crippen LogP contribution in [0.25, 0.3) is 0 Å². The lowest BCUT2D eigenvalue weighted by molar-refractivity contribution is -0.123. The Morgan fingerprint density at radius 2 is 1.86 bits per heavy atom. The van der Waals surface area contributed by atoms with Crippen molar-refractivity contribution in [3.8, 4) is 0 Å². The third-order valence-corrected chi connectivity index (χ3v) is 4.21. The second-order valence-corrected chi connectivity index (χ2v) is 5.77. The van der Waals surface area contributed by atoms with E-state index >= 15 is 0 Å². The standard InChI is InChI=1S/C16H15Cl2FN2O/c1-21(9-11-3-2-4-13(17)14(11)18)15(16(20)22)10-5-7-12(19)8-6-10/h2-8,15H,9H2,1H3,(H2,20,22)/t15-/m0/s1. The predicted molar refractivity (Wildman–Crippen MR) is 86.3 cm³/mol. The monoisotopic (exact) mass is 340 g/mol. The van der Waals surface area contributed by atoms with Crippen LogP contribution in [0.15, 0.2) is 42.5 Å². The number of nitrogens with two attached hydrogens (primary N) is 1. The first kappa shape index (κ1) is 16.7. The molecule has 0 saturated carbocycles. The van der Waals surface area contributed by atoms with Crippen LogP contribution in [0.3, 0.4) is 0 Å². The molecule has 2 N–H and O–H groups in total. The number of nitrogens with zero attached hydrogens (tertiary/aromatic N) is 1. The van der Waals surface area contributed by atoms with E-state index in [4.69, 9.17) is 28.9 Å². The van der Waals surface area contributed by atoms with Crippen LogP contribution in [0.5, 0.6) is 0 Å². The van der Waals surface area contributed by atoms with Gasteiger partial charge in [0.15, 0.2) is 0 Å². The number of carbonyl (C=O) groups excluding carboxylic acids is 1. The molecule has 0 bridgehead atoms. The SMILES string of the molecule is CN(Cc1cccc(Cl)c1Cl)[C@H](C(N)=O)c1ccc(F)cc1. The molecule has 2 rings (SSSR count). The van der Waals surface area contributed by atoms with Crippen molar-refractivity contribution in [1.82, 2.24) is 4.90 Å². The molecule has 116 valence electrons. The summed E-state index contributed by atoms with van der Waals surface area (Å²) in [5, 5.41) is 0.892. The van der Waals surface area contributed by atoms with Gasteiger partial charge in [0.1, 0.15) is 11.9 Å². The zero-order chi connectivity index (χ0) is 16.3. The summed E-state index contributed by atoms with van der Waals surface area (Å²) in [6.07, 6.45) is 0. The summed E-state index contributed by atoms with van der Waals surface area (Å²) >= 11 is 12.2. The summed E-state index contributed by atoms with van der Waals surface area (Å²) in [5.41, 5.74) is 6.90. The highest BCUT2D eigenvalue weighted by Crippen LogP contribution is 2.28. The maximum absolute atomic E-state index is 13.0. The molecule has 0 unspecified atom stereocenters. The number of hydrogen-bond acceptors (Lipinski definition) is 2. The maximum atomic E-state index is 13.0. The summed E-state index contributed by atoms with van der Waals surface area (Å²) in [6.45, 7) is 0.379. The molecule has 6 heteroatoms. The van der Waals surface area contributed by atoms with Crippen LogP contribution in [0, 0.1) is 5.82 Å². The first-order valence-corrected chi connectivity index (χ1v) is 7.33. The highest BCUT2D eigenvalue weighted by atomic mass is 35.5. The van der Waals surface area contributed by atoms with Crippen LogP contribution < -0.4 is 5.73 Å². The molecule has 0 saturated heterocycles. The van der Waals surface area contributed by atoms with Crippen LogP contribution in [0.2, 0.25) is 10.0 Å². The van der Waals surface area contributed by atoms with E-state index < -0.39 is 11.9 Å². The largest absolute Gasteiger partial charge is 0.368 e. The molecule has 0 radical (unpaired) electrons. The van der Waals surface area contributed by atoms with Crippen molar-refractivity contribution in [2.75, 3.05) is 7.05 Å². The van der Waals surface area contributed by atoms with Crippen LogP contribution in [-0.4, -0.2) is 17.9 Å². The minimum absolute atomic E-state index is 0.368. The lowest BCUT2D eigenvalue weighted by atomic mass is 10.0. The van der Waals surface area contributed by atoms with Gasteiger partial charge in [0, 0.05) is 6.54 Å². The fraction of sp³-hybridized carbons (Fsp3) is 0.188. The van der Waals surface area contributed by atoms with Gasteiger partial charge >= 0.3 is 0 Å². The van der Waals surface area contributed by atoms with Crippen molar-refractivity contribution in [1.29, 1.82) is 0 Å². The second-order valence-electron chi connectivity index (χ2n) is 4.98. The molecular weight excluding hydrogens is 326 g/mol. The van der Waals surface area contributed by atoms with E-state index in [0.717, 1.165) is 5.56 Å². The number of hydrogen-bond donors (Lipinski definition) is 1. The Bertz CT molecular complexity index is 676. The zero-order valence-electron chi connectivity index (χ0n) is 11.9. The van der Waals surface area contributed by atoms with Crippen LogP contribution in [0.1, 0.15) is 17.2 Å². The van der Waals surface area contributed by atoms with Gasteiger partial charge in [-0.15, -0.1) is 0 Å².